The van der Waals surface area contributed by atoms with Crippen molar-refractivity contribution in [1.29, 1.82) is 0 Å². The molecule has 8 nitrogen and oxygen atoms in total. The highest BCUT2D eigenvalue weighted by Gasteiger charge is 2.35. The largest absolute Gasteiger partial charge is 0.366 e. The van der Waals surface area contributed by atoms with Crippen LogP contribution in [-0.4, -0.2) is 44.1 Å². The molecule has 2 aliphatic rings. The lowest BCUT2D eigenvalue weighted by atomic mass is 9.96. The number of benzene rings is 2. The van der Waals surface area contributed by atoms with Crippen molar-refractivity contribution < 1.29 is 18.0 Å². The van der Waals surface area contributed by atoms with Gasteiger partial charge in [0, 0.05) is 29.9 Å². The monoisotopic (exact) mass is 412 g/mol. The zero-order chi connectivity index (χ0) is 20.6. The van der Waals surface area contributed by atoms with Crippen LogP contribution in [0, 0.1) is 5.92 Å². The van der Waals surface area contributed by atoms with Crippen molar-refractivity contribution in [2.45, 2.75) is 17.7 Å². The predicted octanol–water partition coefficient (Wildman–Crippen LogP) is 1.59. The smallest absolute Gasteiger partial charge is 0.285 e. The summed E-state index contributed by atoms with van der Waals surface area (Å²) >= 11 is 0. The van der Waals surface area contributed by atoms with Crippen LogP contribution in [0.3, 0.4) is 0 Å². The molecule has 2 aliphatic heterocycles. The zero-order valence-corrected chi connectivity index (χ0v) is 16.4. The average Bonchev–Trinajstić information content (AvgIpc) is 3.00. The van der Waals surface area contributed by atoms with E-state index in [1.807, 2.05) is 4.90 Å². The minimum absolute atomic E-state index is 0.156. The molecule has 0 aromatic heterocycles. The van der Waals surface area contributed by atoms with Crippen LogP contribution in [0.1, 0.15) is 28.8 Å². The van der Waals surface area contributed by atoms with Gasteiger partial charge < -0.3 is 16.0 Å². The normalized spacial score (nSPS) is 19.9. The molecule has 0 radical (unpaired) electrons. The molecule has 0 aliphatic carbocycles. The highest BCUT2D eigenvalue weighted by molar-refractivity contribution is 7.90. The fourth-order valence-corrected chi connectivity index (χ4v) is 4.89. The Kier molecular flexibility index (Phi) is 4.83. The van der Waals surface area contributed by atoms with E-state index in [2.05, 4.69) is 9.71 Å². The molecule has 2 heterocycles. The first-order valence-electron chi connectivity index (χ1n) is 9.25. The number of fused-ring (bicyclic) bond motifs is 1. The summed E-state index contributed by atoms with van der Waals surface area (Å²) in [6, 6.07) is 13.1. The quantitative estimate of drug-likeness (QED) is 0.793. The maximum absolute atomic E-state index is 12.7. The number of amides is 2. The number of primary amides is 1. The van der Waals surface area contributed by atoms with Crippen molar-refractivity contribution in [3.63, 3.8) is 0 Å². The van der Waals surface area contributed by atoms with Gasteiger partial charge in [0.05, 0.1) is 5.92 Å². The van der Waals surface area contributed by atoms with Crippen LogP contribution in [0.25, 0.3) is 0 Å². The SMILES string of the molecule is NC(=O)c1ccc(NC(=O)C2CCCN(C3=NS(=O)(=O)c4ccccc43)C2)cc1. The van der Waals surface area contributed by atoms with E-state index < -0.39 is 15.9 Å². The molecule has 150 valence electrons. The van der Waals surface area contributed by atoms with E-state index in [-0.39, 0.29) is 16.7 Å². The predicted molar refractivity (Wildman–Crippen MR) is 108 cm³/mol. The first-order chi connectivity index (χ1) is 13.8. The summed E-state index contributed by atoms with van der Waals surface area (Å²) in [6.45, 7) is 1.02. The molecule has 2 aromatic carbocycles. The van der Waals surface area contributed by atoms with Crippen LogP contribution in [-0.2, 0) is 14.8 Å². The molecule has 9 heteroatoms. The average molecular weight is 412 g/mol. The number of carbonyl (C=O) groups excluding carboxylic acids is 2. The number of rotatable bonds is 3. The van der Waals surface area contributed by atoms with Crippen molar-refractivity contribution in [3.8, 4) is 0 Å². The third-order valence-corrected chi connectivity index (χ3v) is 6.47. The van der Waals surface area contributed by atoms with E-state index in [0.29, 0.717) is 42.2 Å². The van der Waals surface area contributed by atoms with E-state index in [1.165, 1.54) is 0 Å². The number of carbonyl (C=O) groups is 2. The second-order valence-electron chi connectivity index (χ2n) is 7.10. The van der Waals surface area contributed by atoms with E-state index in [9.17, 15) is 18.0 Å². The second kappa shape index (κ2) is 7.32. The molecule has 4 rings (SSSR count). The Morgan fingerprint density at radius 2 is 1.83 bits per heavy atom. The standard InChI is InChI=1S/C20H20N4O4S/c21-18(25)13-7-9-15(10-8-13)22-20(26)14-4-3-11-24(12-14)19-16-5-1-2-6-17(16)29(27,28)23-19/h1-2,5-10,14H,3-4,11-12H2,(H2,21,25)(H,22,26). The van der Waals surface area contributed by atoms with Gasteiger partial charge in [-0.25, -0.2) is 0 Å². The van der Waals surface area contributed by atoms with Crippen LogP contribution in [0.2, 0.25) is 0 Å². The molecule has 1 unspecified atom stereocenters. The number of nitrogens with two attached hydrogens (primary N) is 1. The van der Waals surface area contributed by atoms with Gasteiger partial charge >= 0.3 is 0 Å². The summed E-state index contributed by atoms with van der Waals surface area (Å²) in [7, 11) is -3.69. The minimum atomic E-state index is -3.69. The van der Waals surface area contributed by atoms with Gasteiger partial charge in [-0.1, -0.05) is 12.1 Å². The molecule has 0 spiro atoms. The zero-order valence-electron chi connectivity index (χ0n) is 15.5. The van der Waals surface area contributed by atoms with Crippen molar-refractivity contribution >= 4 is 33.4 Å². The van der Waals surface area contributed by atoms with Gasteiger partial charge in [-0.15, -0.1) is 4.40 Å². The first kappa shape index (κ1) is 19.1. The second-order valence-corrected chi connectivity index (χ2v) is 8.67. The lowest BCUT2D eigenvalue weighted by molar-refractivity contribution is -0.121. The van der Waals surface area contributed by atoms with Gasteiger partial charge in [0.25, 0.3) is 10.0 Å². The van der Waals surface area contributed by atoms with Gasteiger partial charge in [0.2, 0.25) is 11.8 Å². The molecule has 1 atom stereocenters. The molecule has 2 amide bonds. The number of amidine groups is 1. The molecular weight excluding hydrogens is 392 g/mol. The van der Waals surface area contributed by atoms with Crippen molar-refractivity contribution in [1.82, 2.24) is 4.90 Å². The summed E-state index contributed by atoms with van der Waals surface area (Å²) in [5.41, 5.74) is 6.74. The van der Waals surface area contributed by atoms with Gasteiger partial charge in [0.1, 0.15) is 4.90 Å². The van der Waals surface area contributed by atoms with Crippen molar-refractivity contribution in [2.24, 2.45) is 16.0 Å². The Morgan fingerprint density at radius 1 is 1.10 bits per heavy atom. The summed E-state index contributed by atoms with van der Waals surface area (Å²) in [5, 5.41) is 2.85. The molecule has 1 saturated heterocycles. The lowest BCUT2D eigenvalue weighted by Crippen LogP contribution is -2.43. The third-order valence-electron chi connectivity index (χ3n) is 5.14. The number of hydrogen-bond donors (Lipinski definition) is 2. The Labute approximate surface area is 168 Å². The lowest BCUT2D eigenvalue weighted by Gasteiger charge is -2.33. The highest BCUT2D eigenvalue weighted by Crippen LogP contribution is 2.30. The summed E-state index contributed by atoms with van der Waals surface area (Å²) in [6.07, 6.45) is 1.45. The number of piperidine rings is 1. The number of likely N-dealkylation sites (tertiary alicyclic amines) is 1. The number of sulfonamides is 1. The van der Waals surface area contributed by atoms with Crippen LogP contribution in [0.15, 0.2) is 57.8 Å². The van der Waals surface area contributed by atoms with Gasteiger partial charge in [0.15, 0.2) is 5.84 Å². The first-order valence-corrected chi connectivity index (χ1v) is 10.7. The third kappa shape index (κ3) is 3.73. The summed E-state index contributed by atoms with van der Waals surface area (Å²) in [4.78, 5) is 26.0. The maximum atomic E-state index is 12.7. The molecular formula is C20H20N4O4S. The fraction of sp³-hybridized carbons (Fsp3) is 0.250. The molecule has 2 aromatic rings. The van der Waals surface area contributed by atoms with Crippen LogP contribution in [0.4, 0.5) is 5.69 Å². The van der Waals surface area contributed by atoms with E-state index in [1.54, 1.807) is 48.5 Å². The van der Waals surface area contributed by atoms with Crippen molar-refractivity contribution in [3.05, 3.63) is 59.7 Å². The van der Waals surface area contributed by atoms with Crippen LogP contribution >= 0.6 is 0 Å². The molecule has 29 heavy (non-hydrogen) atoms. The number of nitrogens with one attached hydrogen (secondary N) is 1. The Balaban J connectivity index is 1.49. The number of anilines is 1. The maximum Gasteiger partial charge on any atom is 0.285 e. The molecule has 1 fully saturated rings. The van der Waals surface area contributed by atoms with Crippen LogP contribution in [0.5, 0.6) is 0 Å². The number of nitrogens with zero attached hydrogens (tertiary/aromatic N) is 2. The van der Waals surface area contributed by atoms with Gasteiger partial charge in [-0.3, -0.25) is 9.59 Å². The Hall–Kier alpha value is -3.20. The van der Waals surface area contributed by atoms with E-state index >= 15 is 0 Å². The molecule has 0 bridgehead atoms. The van der Waals surface area contributed by atoms with Gasteiger partial charge in [-0.2, -0.15) is 8.42 Å². The Bertz CT molecular complexity index is 1110. The van der Waals surface area contributed by atoms with E-state index in [4.69, 9.17) is 5.73 Å². The highest BCUT2D eigenvalue weighted by atomic mass is 32.2. The van der Waals surface area contributed by atoms with Gasteiger partial charge in [-0.05, 0) is 49.2 Å². The summed E-state index contributed by atoms with van der Waals surface area (Å²) in [5.74, 6) is -0.587. The van der Waals surface area contributed by atoms with E-state index in [0.717, 1.165) is 6.42 Å². The van der Waals surface area contributed by atoms with Crippen LogP contribution < -0.4 is 11.1 Å². The summed E-state index contributed by atoms with van der Waals surface area (Å²) < 4.78 is 28.6. The number of hydrogen-bond acceptors (Lipinski definition) is 5. The Morgan fingerprint density at radius 3 is 2.55 bits per heavy atom. The molecule has 0 saturated carbocycles. The fourth-order valence-electron chi connectivity index (χ4n) is 3.66. The molecule has 3 N–H and O–H groups in total. The topological polar surface area (TPSA) is 122 Å². The van der Waals surface area contributed by atoms with Crippen molar-refractivity contribution in [2.75, 3.05) is 18.4 Å². The minimum Gasteiger partial charge on any atom is -0.366 e.